The number of rotatable bonds is 2. The monoisotopic (exact) mass is 363 g/mol. The summed E-state index contributed by atoms with van der Waals surface area (Å²) >= 11 is 0. The zero-order valence-electron chi connectivity index (χ0n) is 13.6. The van der Waals surface area contributed by atoms with Crippen LogP contribution in [-0.2, 0) is 10.9 Å². The van der Waals surface area contributed by atoms with Crippen LogP contribution in [0.25, 0.3) is 0 Å². The van der Waals surface area contributed by atoms with Crippen LogP contribution >= 0.6 is 0 Å². The van der Waals surface area contributed by atoms with Gasteiger partial charge in [-0.3, -0.25) is 4.90 Å². The first-order valence-corrected chi connectivity index (χ1v) is 7.31. The molecule has 1 aliphatic heterocycles. The molecular formula is C16H24F3N3O3. The Balaban J connectivity index is 0.00000312. The number of anilines is 2. The minimum absolute atomic E-state index is 0. The smallest absolute Gasteiger partial charge is 0.416 e. The normalized spacial score (nSPS) is 17.4. The lowest BCUT2D eigenvalue weighted by molar-refractivity contribution is -0.137. The summed E-state index contributed by atoms with van der Waals surface area (Å²) in [4.78, 5) is 13.3. The number of halogens is 3. The molecule has 6 nitrogen and oxygen atoms in total. The van der Waals surface area contributed by atoms with Crippen molar-refractivity contribution in [1.29, 1.82) is 0 Å². The van der Waals surface area contributed by atoms with Crippen molar-refractivity contribution >= 4 is 17.5 Å². The van der Waals surface area contributed by atoms with Gasteiger partial charge in [0.15, 0.2) is 12.0 Å². The molecule has 1 aliphatic rings. The third-order valence-electron chi connectivity index (χ3n) is 3.32. The number of amides is 1. The van der Waals surface area contributed by atoms with E-state index in [1.54, 1.807) is 20.8 Å². The number of ether oxygens (including phenoxy) is 2. The van der Waals surface area contributed by atoms with E-state index in [-0.39, 0.29) is 24.6 Å². The molecule has 1 aromatic rings. The van der Waals surface area contributed by atoms with Crippen LogP contribution in [0.5, 0.6) is 5.75 Å². The number of nitrogens with two attached hydrogens (primary N) is 2. The largest absolute Gasteiger partial charge is 0.466 e. The summed E-state index contributed by atoms with van der Waals surface area (Å²) in [7, 11) is 0. The van der Waals surface area contributed by atoms with Crippen LogP contribution in [0.2, 0.25) is 0 Å². The lowest BCUT2D eigenvalue weighted by Gasteiger charge is -2.41. The van der Waals surface area contributed by atoms with Crippen molar-refractivity contribution in [2.45, 2.75) is 52.6 Å². The van der Waals surface area contributed by atoms with Crippen LogP contribution in [0.3, 0.4) is 0 Å². The Morgan fingerprint density at radius 3 is 2.08 bits per heavy atom. The standard InChI is InChI=1S/C15H20F3N3O3.CH4/c1-14(2,3)24-13(22)21-5-4-11(21)23-12-9(19)6-8(7-10(12)20)15(16,17)18;/h6-7,11H,4-5,19-20H2,1-3H3;1H4. The van der Waals surface area contributed by atoms with Crippen LogP contribution < -0.4 is 16.2 Å². The van der Waals surface area contributed by atoms with Gasteiger partial charge in [-0.2, -0.15) is 13.2 Å². The Hall–Kier alpha value is -2.32. The van der Waals surface area contributed by atoms with Gasteiger partial charge < -0.3 is 20.9 Å². The molecule has 0 aromatic heterocycles. The first-order chi connectivity index (χ1) is 10.9. The molecular weight excluding hydrogens is 339 g/mol. The van der Waals surface area contributed by atoms with Crippen molar-refractivity contribution in [3.63, 3.8) is 0 Å². The highest BCUT2D eigenvalue weighted by atomic mass is 19.4. The van der Waals surface area contributed by atoms with Crippen molar-refractivity contribution in [3.05, 3.63) is 17.7 Å². The van der Waals surface area contributed by atoms with Gasteiger partial charge in [-0.15, -0.1) is 0 Å². The van der Waals surface area contributed by atoms with Gasteiger partial charge in [0.25, 0.3) is 0 Å². The summed E-state index contributed by atoms with van der Waals surface area (Å²) in [6.07, 6.45) is -5.30. The molecule has 1 atom stereocenters. The molecule has 0 spiro atoms. The van der Waals surface area contributed by atoms with Crippen LogP contribution in [-0.4, -0.2) is 29.4 Å². The second-order valence-electron chi connectivity index (χ2n) is 6.52. The molecule has 4 N–H and O–H groups in total. The van der Waals surface area contributed by atoms with E-state index in [2.05, 4.69) is 0 Å². The fourth-order valence-electron chi connectivity index (χ4n) is 2.13. The average molecular weight is 363 g/mol. The van der Waals surface area contributed by atoms with Crippen LogP contribution in [0.4, 0.5) is 29.3 Å². The number of likely N-dealkylation sites (tertiary alicyclic amines) is 1. The second-order valence-corrected chi connectivity index (χ2v) is 6.52. The molecule has 1 saturated heterocycles. The molecule has 142 valence electrons. The number of hydrogen-bond donors (Lipinski definition) is 2. The lowest BCUT2D eigenvalue weighted by Crippen LogP contribution is -2.55. The predicted molar refractivity (Wildman–Crippen MR) is 89.0 cm³/mol. The van der Waals surface area contributed by atoms with E-state index in [4.69, 9.17) is 20.9 Å². The van der Waals surface area contributed by atoms with Gasteiger partial charge in [-0.1, -0.05) is 7.43 Å². The molecule has 1 amide bonds. The first-order valence-electron chi connectivity index (χ1n) is 7.31. The Kier molecular flexibility index (Phi) is 5.71. The van der Waals surface area contributed by atoms with E-state index >= 15 is 0 Å². The fourth-order valence-corrected chi connectivity index (χ4v) is 2.13. The first kappa shape index (κ1) is 20.7. The Morgan fingerprint density at radius 1 is 1.20 bits per heavy atom. The maximum absolute atomic E-state index is 12.7. The molecule has 1 aromatic carbocycles. The fraction of sp³-hybridized carbons (Fsp3) is 0.562. The highest BCUT2D eigenvalue weighted by Gasteiger charge is 2.38. The van der Waals surface area contributed by atoms with Crippen molar-refractivity contribution < 1.29 is 27.4 Å². The van der Waals surface area contributed by atoms with Crippen molar-refractivity contribution in [2.24, 2.45) is 0 Å². The molecule has 1 fully saturated rings. The summed E-state index contributed by atoms with van der Waals surface area (Å²) in [5.74, 6) is -0.0683. The summed E-state index contributed by atoms with van der Waals surface area (Å²) in [6.45, 7) is 5.60. The van der Waals surface area contributed by atoms with Gasteiger partial charge in [-0.25, -0.2) is 4.79 Å². The van der Waals surface area contributed by atoms with Crippen molar-refractivity contribution in [1.82, 2.24) is 4.90 Å². The second kappa shape index (κ2) is 6.89. The van der Waals surface area contributed by atoms with Gasteiger partial charge in [-0.05, 0) is 32.9 Å². The molecule has 25 heavy (non-hydrogen) atoms. The molecule has 0 aliphatic carbocycles. The number of hydrogen-bond acceptors (Lipinski definition) is 5. The number of nitrogens with zero attached hydrogens (tertiary/aromatic N) is 1. The minimum Gasteiger partial charge on any atom is -0.466 e. The highest BCUT2D eigenvalue weighted by Crippen LogP contribution is 2.39. The maximum Gasteiger partial charge on any atom is 0.416 e. The quantitative estimate of drug-likeness (QED) is 0.779. The third kappa shape index (κ3) is 4.83. The zero-order valence-corrected chi connectivity index (χ0v) is 13.6. The van der Waals surface area contributed by atoms with E-state index in [9.17, 15) is 18.0 Å². The number of carbonyl (C=O) groups excluding carboxylic acids is 1. The van der Waals surface area contributed by atoms with Crippen LogP contribution in [0.1, 0.15) is 40.2 Å². The Morgan fingerprint density at radius 2 is 1.72 bits per heavy atom. The van der Waals surface area contributed by atoms with Crippen LogP contribution in [0.15, 0.2) is 12.1 Å². The van der Waals surface area contributed by atoms with E-state index in [1.807, 2.05) is 0 Å². The summed E-state index contributed by atoms with van der Waals surface area (Å²) in [6, 6.07) is 1.50. The van der Waals surface area contributed by atoms with Gasteiger partial charge >= 0.3 is 12.3 Å². The van der Waals surface area contributed by atoms with E-state index in [0.29, 0.717) is 13.0 Å². The summed E-state index contributed by atoms with van der Waals surface area (Å²) in [5.41, 5.74) is 9.16. The maximum atomic E-state index is 12.7. The lowest BCUT2D eigenvalue weighted by atomic mass is 10.1. The van der Waals surface area contributed by atoms with Gasteiger partial charge in [0, 0.05) is 13.0 Å². The molecule has 0 radical (unpaired) electrons. The van der Waals surface area contributed by atoms with Gasteiger partial charge in [0.2, 0.25) is 0 Å². The number of carbonyl (C=O) groups is 1. The number of alkyl halides is 3. The van der Waals surface area contributed by atoms with E-state index in [1.165, 1.54) is 4.90 Å². The van der Waals surface area contributed by atoms with Gasteiger partial charge in [0.1, 0.15) is 5.60 Å². The molecule has 0 bridgehead atoms. The molecule has 0 saturated carbocycles. The number of benzene rings is 1. The predicted octanol–water partition coefficient (Wildman–Crippen LogP) is 3.85. The van der Waals surface area contributed by atoms with Crippen LogP contribution in [0, 0.1) is 0 Å². The van der Waals surface area contributed by atoms with E-state index in [0.717, 1.165) is 12.1 Å². The Bertz CT molecular complexity index is 619. The molecule has 2 rings (SSSR count). The zero-order chi connectivity index (χ0) is 18.3. The minimum atomic E-state index is -4.56. The highest BCUT2D eigenvalue weighted by molar-refractivity contribution is 5.71. The topological polar surface area (TPSA) is 90.8 Å². The Labute approximate surface area is 144 Å². The summed E-state index contributed by atoms with van der Waals surface area (Å²) in [5, 5.41) is 0. The molecule has 9 heteroatoms. The van der Waals surface area contributed by atoms with Gasteiger partial charge in [0.05, 0.1) is 16.9 Å². The SMILES string of the molecule is C.CC(C)(C)OC(=O)N1CCC1Oc1c(N)cc(C(F)(F)F)cc1N. The third-order valence-corrected chi connectivity index (χ3v) is 3.32. The van der Waals surface area contributed by atoms with Crippen molar-refractivity contribution in [2.75, 3.05) is 18.0 Å². The molecule has 1 unspecified atom stereocenters. The van der Waals surface area contributed by atoms with E-state index < -0.39 is 29.7 Å². The number of nitrogen functional groups attached to an aromatic ring is 2. The van der Waals surface area contributed by atoms with Crippen molar-refractivity contribution in [3.8, 4) is 5.75 Å². The molecule has 1 heterocycles. The average Bonchev–Trinajstić information content (AvgIpc) is 2.32. The summed E-state index contributed by atoms with van der Waals surface area (Å²) < 4.78 is 48.9.